The second-order valence-electron chi connectivity index (χ2n) is 3.25. The van der Waals surface area contributed by atoms with Crippen LogP contribution in [0.1, 0.15) is 16.8 Å². The normalized spacial score (nSPS) is 15.1. The smallest absolute Gasteiger partial charge is 0.255 e. The minimum absolute atomic E-state index is 0.140. The monoisotopic (exact) mass is 365 g/mol. The van der Waals surface area contributed by atoms with Gasteiger partial charge in [-0.25, -0.2) is 0 Å². The molecule has 0 saturated carbocycles. The van der Waals surface area contributed by atoms with Gasteiger partial charge in [0.2, 0.25) is 0 Å². The predicted octanol–water partition coefficient (Wildman–Crippen LogP) is 2.90. The molecule has 1 aliphatic heterocycles. The molecule has 1 fully saturated rings. The Morgan fingerprint density at radius 2 is 2.14 bits per heavy atom. The Morgan fingerprint density at radius 3 is 2.71 bits per heavy atom. The zero-order valence-electron chi connectivity index (χ0n) is 7.46. The van der Waals surface area contributed by atoms with E-state index in [1.165, 1.54) is 0 Å². The fourth-order valence-corrected chi connectivity index (χ4v) is 2.29. The fraction of sp³-hybridized carbons (Fsp3) is 0.300. The van der Waals surface area contributed by atoms with Gasteiger partial charge in [-0.3, -0.25) is 4.79 Å². The van der Waals surface area contributed by atoms with Crippen molar-refractivity contribution in [3.63, 3.8) is 0 Å². The second-order valence-corrected chi connectivity index (χ2v) is 5.20. The van der Waals surface area contributed by atoms with Crippen LogP contribution < -0.4 is 0 Å². The van der Waals surface area contributed by atoms with Gasteiger partial charge in [-0.1, -0.05) is 6.07 Å². The summed E-state index contributed by atoms with van der Waals surface area (Å²) in [5, 5.41) is 0. The molecule has 0 N–H and O–H groups in total. The Bertz CT molecular complexity index is 376. The van der Waals surface area contributed by atoms with E-state index < -0.39 is 0 Å². The summed E-state index contributed by atoms with van der Waals surface area (Å²) < 4.78 is 1.99. The third-order valence-corrected chi connectivity index (χ3v) is 4.82. The van der Waals surface area contributed by atoms with Crippen molar-refractivity contribution in [1.29, 1.82) is 0 Å². The second kappa shape index (κ2) is 4.18. The predicted molar refractivity (Wildman–Crippen MR) is 67.4 cm³/mol. The lowest BCUT2D eigenvalue weighted by molar-refractivity contribution is 0.0651. The van der Waals surface area contributed by atoms with Crippen molar-refractivity contribution in [1.82, 2.24) is 4.90 Å². The molecule has 4 heteroatoms. The summed E-state index contributed by atoms with van der Waals surface area (Å²) in [4.78, 5) is 13.8. The number of amides is 1. The van der Waals surface area contributed by atoms with Crippen molar-refractivity contribution in [2.45, 2.75) is 6.42 Å². The van der Waals surface area contributed by atoms with Crippen molar-refractivity contribution >= 4 is 44.4 Å². The van der Waals surface area contributed by atoms with Gasteiger partial charge in [0.15, 0.2) is 0 Å². The average Bonchev–Trinajstić information content (AvgIpc) is 2.06. The molecule has 0 radical (unpaired) electrons. The summed E-state index contributed by atoms with van der Waals surface area (Å²) in [5.41, 5.74) is 0.775. The lowest BCUT2D eigenvalue weighted by atomic mass is 10.1. The van der Waals surface area contributed by atoms with E-state index in [0.717, 1.165) is 33.1 Å². The average molecular weight is 366 g/mol. The summed E-state index contributed by atoms with van der Waals surface area (Å²) in [7, 11) is 0. The minimum atomic E-state index is 0.140. The number of hydrogen-bond donors (Lipinski definition) is 0. The number of rotatable bonds is 1. The number of carbonyl (C=O) groups excluding carboxylic acids is 1. The Morgan fingerprint density at radius 1 is 1.43 bits per heavy atom. The summed E-state index contributed by atoms with van der Waals surface area (Å²) in [6.45, 7) is 1.80. The van der Waals surface area contributed by atoms with Crippen LogP contribution >= 0.6 is 38.5 Å². The van der Waals surface area contributed by atoms with E-state index >= 15 is 0 Å². The first-order chi connectivity index (χ1) is 6.70. The van der Waals surface area contributed by atoms with Gasteiger partial charge in [0.25, 0.3) is 5.91 Å². The molecule has 1 aliphatic rings. The van der Waals surface area contributed by atoms with Crippen LogP contribution in [0.25, 0.3) is 0 Å². The summed E-state index contributed by atoms with van der Waals surface area (Å²) in [6.07, 6.45) is 1.13. The fourth-order valence-electron chi connectivity index (χ4n) is 1.36. The quantitative estimate of drug-likeness (QED) is 0.701. The summed E-state index contributed by atoms with van der Waals surface area (Å²) in [6, 6.07) is 5.77. The van der Waals surface area contributed by atoms with Crippen LogP contribution in [0.3, 0.4) is 0 Å². The van der Waals surface area contributed by atoms with Gasteiger partial charge in [-0.15, -0.1) is 0 Å². The lowest BCUT2D eigenvalue weighted by Crippen LogP contribution is -2.42. The Balaban J connectivity index is 2.31. The molecule has 2 rings (SSSR count). The van der Waals surface area contributed by atoms with E-state index in [1.54, 1.807) is 0 Å². The van der Waals surface area contributed by atoms with Gasteiger partial charge in [0, 0.05) is 21.1 Å². The van der Waals surface area contributed by atoms with E-state index in [2.05, 4.69) is 38.5 Å². The first-order valence-electron chi connectivity index (χ1n) is 4.43. The molecule has 1 heterocycles. The largest absolute Gasteiger partial charge is 0.338 e. The van der Waals surface area contributed by atoms with Crippen molar-refractivity contribution in [3.05, 3.63) is 31.8 Å². The number of hydrogen-bond acceptors (Lipinski definition) is 1. The maximum absolute atomic E-state index is 11.9. The Kier molecular flexibility index (Phi) is 3.11. The van der Waals surface area contributed by atoms with Crippen molar-refractivity contribution < 1.29 is 4.79 Å². The standard InChI is InChI=1S/C10H9BrINO/c11-9-7(3-1-4-8(9)12)10(14)13-5-2-6-13/h1,3-4H,2,5-6H2. The Hall–Kier alpha value is -0.100. The van der Waals surface area contributed by atoms with Crippen LogP contribution in [-0.4, -0.2) is 23.9 Å². The molecule has 0 unspecified atom stereocenters. The molecule has 0 spiro atoms. The molecule has 0 aliphatic carbocycles. The number of carbonyl (C=O) groups is 1. The number of likely N-dealkylation sites (tertiary alicyclic amines) is 1. The maximum atomic E-state index is 11.9. The molecule has 74 valence electrons. The Labute approximate surface area is 105 Å². The highest BCUT2D eigenvalue weighted by Gasteiger charge is 2.23. The molecular formula is C10H9BrINO. The van der Waals surface area contributed by atoms with Crippen molar-refractivity contribution in [2.24, 2.45) is 0 Å². The van der Waals surface area contributed by atoms with Crippen LogP contribution in [0.15, 0.2) is 22.7 Å². The molecular weight excluding hydrogens is 357 g/mol. The van der Waals surface area contributed by atoms with E-state index in [1.807, 2.05) is 23.1 Å². The van der Waals surface area contributed by atoms with Gasteiger partial charge < -0.3 is 4.90 Å². The molecule has 1 saturated heterocycles. The van der Waals surface area contributed by atoms with Gasteiger partial charge >= 0.3 is 0 Å². The van der Waals surface area contributed by atoms with Gasteiger partial charge in [0.05, 0.1) is 5.56 Å². The summed E-state index contributed by atoms with van der Waals surface area (Å²) >= 11 is 5.67. The highest BCUT2D eigenvalue weighted by Crippen LogP contribution is 2.25. The van der Waals surface area contributed by atoms with Gasteiger partial charge in [-0.2, -0.15) is 0 Å². The highest BCUT2D eigenvalue weighted by atomic mass is 127. The molecule has 0 bridgehead atoms. The first kappa shape index (κ1) is 10.4. The minimum Gasteiger partial charge on any atom is -0.338 e. The zero-order chi connectivity index (χ0) is 10.1. The maximum Gasteiger partial charge on any atom is 0.255 e. The topological polar surface area (TPSA) is 20.3 Å². The van der Waals surface area contributed by atoms with Crippen molar-refractivity contribution in [2.75, 3.05) is 13.1 Å². The molecule has 1 aromatic rings. The number of halogens is 2. The van der Waals surface area contributed by atoms with Gasteiger partial charge in [-0.05, 0) is 57.1 Å². The summed E-state index contributed by atoms with van der Waals surface area (Å²) in [5.74, 6) is 0.140. The van der Waals surface area contributed by atoms with Gasteiger partial charge in [0.1, 0.15) is 0 Å². The van der Waals surface area contributed by atoms with E-state index in [9.17, 15) is 4.79 Å². The highest BCUT2D eigenvalue weighted by molar-refractivity contribution is 14.1. The molecule has 1 aromatic carbocycles. The molecule has 2 nitrogen and oxygen atoms in total. The number of nitrogens with zero attached hydrogens (tertiary/aromatic N) is 1. The van der Waals surface area contributed by atoms with E-state index in [-0.39, 0.29) is 5.91 Å². The van der Waals surface area contributed by atoms with Crippen LogP contribution in [0, 0.1) is 3.57 Å². The van der Waals surface area contributed by atoms with Crippen molar-refractivity contribution in [3.8, 4) is 0 Å². The molecule has 0 atom stereocenters. The van der Waals surface area contributed by atoms with E-state index in [0.29, 0.717) is 0 Å². The first-order valence-corrected chi connectivity index (χ1v) is 6.30. The zero-order valence-corrected chi connectivity index (χ0v) is 11.2. The van der Waals surface area contributed by atoms with Crippen LogP contribution in [0.4, 0.5) is 0 Å². The SMILES string of the molecule is O=C(c1cccc(I)c1Br)N1CCC1. The van der Waals surface area contributed by atoms with Crippen LogP contribution in [0.2, 0.25) is 0 Å². The van der Waals surface area contributed by atoms with E-state index in [4.69, 9.17) is 0 Å². The number of benzene rings is 1. The molecule has 1 amide bonds. The molecule has 0 aromatic heterocycles. The molecule has 14 heavy (non-hydrogen) atoms. The third kappa shape index (κ3) is 1.82. The third-order valence-electron chi connectivity index (χ3n) is 2.33. The van der Waals surface area contributed by atoms with Crippen LogP contribution in [0.5, 0.6) is 0 Å². The van der Waals surface area contributed by atoms with Crippen LogP contribution in [-0.2, 0) is 0 Å². The lowest BCUT2D eigenvalue weighted by Gasteiger charge is -2.31.